The van der Waals surface area contributed by atoms with E-state index in [1.54, 1.807) is 12.1 Å². The minimum absolute atomic E-state index is 0.134. The number of fused-ring (bicyclic) bond motifs is 1. The molecule has 0 bridgehead atoms. The summed E-state index contributed by atoms with van der Waals surface area (Å²) >= 11 is 0. The van der Waals surface area contributed by atoms with Crippen molar-refractivity contribution < 1.29 is 9.59 Å². The molecule has 1 aliphatic carbocycles. The van der Waals surface area contributed by atoms with Gasteiger partial charge in [0, 0.05) is 11.1 Å². The lowest BCUT2D eigenvalue weighted by Gasteiger charge is -2.32. The monoisotopic (exact) mass is 415 g/mol. The largest absolute Gasteiger partial charge is 0.332 e. The molecule has 0 unspecified atom stereocenters. The van der Waals surface area contributed by atoms with E-state index in [-0.39, 0.29) is 11.7 Å². The van der Waals surface area contributed by atoms with Crippen LogP contribution in [0.2, 0.25) is 0 Å². The fourth-order valence-electron chi connectivity index (χ4n) is 4.35. The van der Waals surface area contributed by atoms with E-state index in [0.29, 0.717) is 11.1 Å². The maximum absolute atomic E-state index is 14.0. The first-order valence-electron chi connectivity index (χ1n) is 10.5. The van der Waals surface area contributed by atoms with Crippen molar-refractivity contribution in [3.63, 3.8) is 0 Å². The van der Waals surface area contributed by atoms with Gasteiger partial charge in [-0.1, -0.05) is 103 Å². The summed E-state index contributed by atoms with van der Waals surface area (Å²) in [5.41, 5.74) is 3.07. The molecule has 0 aromatic heterocycles. The van der Waals surface area contributed by atoms with Crippen LogP contribution < -0.4 is 5.32 Å². The molecule has 1 amide bonds. The van der Waals surface area contributed by atoms with Gasteiger partial charge >= 0.3 is 0 Å². The van der Waals surface area contributed by atoms with Crippen LogP contribution in [0.4, 0.5) is 0 Å². The van der Waals surface area contributed by atoms with Gasteiger partial charge in [-0.05, 0) is 40.5 Å². The van der Waals surface area contributed by atoms with Crippen LogP contribution in [-0.2, 0) is 5.54 Å². The van der Waals surface area contributed by atoms with E-state index in [0.717, 1.165) is 22.3 Å². The van der Waals surface area contributed by atoms with Gasteiger partial charge in [-0.2, -0.15) is 0 Å². The lowest BCUT2D eigenvalue weighted by Crippen LogP contribution is -2.50. The summed E-state index contributed by atoms with van der Waals surface area (Å²) < 4.78 is 0. The van der Waals surface area contributed by atoms with Crippen molar-refractivity contribution in [3.05, 3.63) is 143 Å². The molecule has 0 aliphatic heterocycles. The number of hydrogen-bond donors (Lipinski definition) is 1. The molecule has 3 heteroatoms. The number of carbonyl (C=O) groups excluding carboxylic acids is 2. The highest BCUT2D eigenvalue weighted by Crippen LogP contribution is 2.47. The molecule has 0 saturated heterocycles. The molecule has 32 heavy (non-hydrogen) atoms. The van der Waals surface area contributed by atoms with Gasteiger partial charge in [0.05, 0.1) is 0 Å². The van der Waals surface area contributed by atoms with Crippen molar-refractivity contribution in [1.29, 1.82) is 0 Å². The Morgan fingerprint density at radius 3 is 1.84 bits per heavy atom. The van der Waals surface area contributed by atoms with Crippen LogP contribution in [0, 0.1) is 0 Å². The molecule has 0 saturated carbocycles. The number of carbonyl (C=O) groups is 2. The number of benzene rings is 4. The highest BCUT2D eigenvalue weighted by molar-refractivity contribution is 6.24. The predicted octanol–water partition coefficient (Wildman–Crippen LogP) is 5.75. The third-order valence-corrected chi connectivity index (χ3v) is 5.86. The summed E-state index contributed by atoms with van der Waals surface area (Å²) in [6.45, 7) is 0. The van der Waals surface area contributed by atoms with E-state index < -0.39 is 5.54 Å². The third kappa shape index (κ3) is 3.25. The zero-order valence-electron chi connectivity index (χ0n) is 17.4. The Kier molecular flexibility index (Phi) is 5.00. The summed E-state index contributed by atoms with van der Waals surface area (Å²) in [6, 6.07) is 35.9. The Morgan fingerprint density at radius 2 is 1.19 bits per heavy atom. The number of hydrogen-bond acceptors (Lipinski definition) is 2. The standard InChI is InChI=1S/C29H21NO2/c31-27-25-19-11-10-18-24(25)26(20-21-12-4-1-5-13-21)29(27,23-16-8-3-9-17-23)30-28(32)22-14-6-2-7-15-22/h1-20H,(H,30,32)/b26-20+/t29-/m1/s1. The lowest BCUT2D eigenvalue weighted by molar-refractivity contribution is 0.0821. The molecule has 0 radical (unpaired) electrons. The maximum Gasteiger partial charge on any atom is 0.252 e. The average molecular weight is 415 g/mol. The first-order valence-corrected chi connectivity index (χ1v) is 10.5. The van der Waals surface area contributed by atoms with Crippen molar-refractivity contribution >= 4 is 23.3 Å². The Balaban J connectivity index is 1.76. The van der Waals surface area contributed by atoms with Crippen LogP contribution in [0.1, 0.15) is 37.4 Å². The first-order chi connectivity index (χ1) is 15.7. The van der Waals surface area contributed by atoms with E-state index in [2.05, 4.69) is 5.32 Å². The van der Waals surface area contributed by atoms with Gasteiger partial charge in [0.25, 0.3) is 5.91 Å². The topological polar surface area (TPSA) is 46.2 Å². The van der Waals surface area contributed by atoms with Crippen molar-refractivity contribution in [3.8, 4) is 0 Å². The molecule has 1 N–H and O–H groups in total. The van der Waals surface area contributed by atoms with Gasteiger partial charge in [-0.15, -0.1) is 0 Å². The average Bonchev–Trinajstić information content (AvgIpc) is 3.09. The zero-order chi connectivity index (χ0) is 22.0. The van der Waals surface area contributed by atoms with Gasteiger partial charge in [0.1, 0.15) is 0 Å². The van der Waals surface area contributed by atoms with Crippen molar-refractivity contribution in [2.24, 2.45) is 0 Å². The first kappa shape index (κ1) is 19.7. The second-order valence-electron chi connectivity index (χ2n) is 7.78. The molecule has 4 aromatic carbocycles. The number of nitrogens with one attached hydrogen (secondary N) is 1. The minimum atomic E-state index is -1.33. The Hall–Kier alpha value is -4.24. The molecule has 5 rings (SSSR count). The van der Waals surface area contributed by atoms with E-state index in [9.17, 15) is 9.59 Å². The predicted molar refractivity (Wildman–Crippen MR) is 127 cm³/mol. The SMILES string of the molecule is O=C(N[C@@]1(c2ccccc2)C(=O)c2ccccc2/C1=C\c1ccccc1)c1ccccc1. The lowest BCUT2D eigenvalue weighted by atomic mass is 9.81. The quantitative estimate of drug-likeness (QED) is 0.461. The summed E-state index contributed by atoms with van der Waals surface area (Å²) in [5, 5.41) is 3.14. The minimum Gasteiger partial charge on any atom is -0.332 e. The normalized spacial score (nSPS) is 18.4. The van der Waals surface area contributed by atoms with Crippen LogP contribution in [-0.4, -0.2) is 11.7 Å². The van der Waals surface area contributed by atoms with Gasteiger partial charge in [-0.3, -0.25) is 9.59 Å². The fraction of sp³-hybridized carbons (Fsp3) is 0.0345. The summed E-state index contributed by atoms with van der Waals surface area (Å²) in [4.78, 5) is 27.4. The molecule has 154 valence electrons. The second-order valence-corrected chi connectivity index (χ2v) is 7.78. The number of rotatable bonds is 4. The molecular formula is C29H21NO2. The van der Waals surface area contributed by atoms with Crippen molar-refractivity contribution in [2.75, 3.05) is 0 Å². The number of amides is 1. The van der Waals surface area contributed by atoms with Gasteiger partial charge in [0.15, 0.2) is 11.3 Å². The maximum atomic E-state index is 14.0. The molecule has 0 spiro atoms. The molecule has 3 nitrogen and oxygen atoms in total. The molecule has 1 aliphatic rings. The van der Waals surface area contributed by atoms with Crippen molar-refractivity contribution in [2.45, 2.75) is 5.54 Å². The zero-order valence-corrected chi connectivity index (χ0v) is 17.4. The molecular weight excluding hydrogens is 394 g/mol. The molecule has 1 atom stereocenters. The van der Waals surface area contributed by atoms with Crippen LogP contribution in [0.3, 0.4) is 0 Å². The summed E-state index contributed by atoms with van der Waals surface area (Å²) in [6.07, 6.45) is 2.00. The van der Waals surface area contributed by atoms with Gasteiger partial charge in [-0.25, -0.2) is 0 Å². The molecule has 4 aromatic rings. The summed E-state index contributed by atoms with van der Waals surface area (Å²) in [5.74, 6) is -0.430. The molecule has 0 fully saturated rings. The Morgan fingerprint density at radius 1 is 0.656 bits per heavy atom. The van der Waals surface area contributed by atoms with Crippen LogP contribution in [0.15, 0.2) is 115 Å². The summed E-state index contributed by atoms with van der Waals surface area (Å²) in [7, 11) is 0. The van der Waals surface area contributed by atoms with Gasteiger partial charge in [0.2, 0.25) is 0 Å². The number of Topliss-reactive ketones (excluding diaryl/α,β-unsaturated/α-hetero) is 1. The third-order valence-electron chi connectivity index (χ3n) is 5.86. The second kappa shape index (κ2) is 8.12. The molecule has 0 heterocycles. The Labute approximate surface area is 187 Å². The highest BCUT2D eigenvalue weighted by Gasteiger charge is 2.51. The number of ketones is 1. The fourth-order valence-corrected chi connectivity index (χ4v) is 4.35. The van der Waals surface area contributed by atoms with Crippen LogP contribution in [0.25, 0.3) is 11.6 Å². The van der Waals surface area contributed by atoms with E-state index >= 15 is 0 Å². The highest BCUT2D eigenvalue weighted by atomic mass is 16.2. The van der Waals surface area contributed by atoms with E-state index in [4.69, 9.17) is 0 Å². The van der Waals surface area contributed by atoms with Crippen LogP contribution in [0.5, 0.6) is 0 Å². The smallest absolute Gasteiger partial charge is 0.252 e. The van der Waals surface area contributed by atoms with Gasteiger partial charge < -0.3 is 5.32 Å². The van der Waals surface area contributed by atoms with E-state index in [1.165, 1.54) is 0 Å². The van der Waals surface area contributed by atoms with E-state index in [1.807, 2.05) is 109 Å². The van der Waals surface area contributed by atoms with Crippen molar-refractivity contribution in [1.82, 2.24) is 5.32 Å². The van der Waals surface area contributed by atoms with Crippen LogP contribution >= 0.6 is 0 Å². The Bertz CT molecular complexity index is 1310.